The van der Waals surface area contributed by atoms with Gasteiger partial charge in [0.05, 0.1) is 12.1 Å². The van der Waals surface area contributed by atoms with Crippen molar-refractivity contribution in [2.45, 2.75) is 45.2 Å². The van der Waals surface area contributed by atoms with Crippen LogP contribution in [0.5, 0.6) is 0 Å². The molecule has 3 aromatic rings. The lowest BCUT2D eigenvalue weighted by Gasteiger charge is -2.11. The van der Waals surface area contributed by atoms with Crippen molar-refractivity contribution in [3.05, 3.63) is 53.6 Å². The zero-order valence-corrected chi connectivity index (χ0v) is 17.0. The molecule has 1 fully saturated rings. The fourth-order valence-corrected chi connectivity index (χ4v) is 3.79. The molecule has 3 N–H and O–H groups in total. The van der Waals surface area contributed by atoms with Gasteiger partial charge in [-0.05, 0) is 55.7 Å². The van der Waals surface area contributed by atoms with Gasteiger partial charge in [0.1, 0.15) is 5.52 Å². The Morgan fingerprint density at radius 1 is 1.13 bits per heavy atom. The molecule has 1 aliphatic carbocycles. The maximum absolute atomic E-state index is 12.4. The quantitative estimate of drug-likeness (QED) is 0.585. The molecule has 3 amide bonds. The van der Waals surface area contributed by atoms with Crippen LogP contribution in [0.15, 0.2) is 42.5 Å². The molecule has 0 spiro atoms. The van der Waals surface area contributed by atoms with Crippen molar-refractivity contribution in [3.63, 3.8) is 0 Å². The Balaban J connectivity index is 1.32. The Hall–Kier alpha value is -3.42. The number of nitrogens with zero attached hydrogens (tertiary/aromatic N) is 3. The summed E-state index contributed by atoms with van der Waals surface area (Å²) < 4.78 is 1.72. The smallest absolute Gasteiger partial charge is 0.319 e. The molecule has 2 aromatic carbocycles. The second-order valence-corrected chi connectivity index (χ2v) is 7.72. The van der Waals surface area contributed by atoms with Crippen molar-refractivity contribution < 1.29 is 9.59 Å². The second-order valence-electron chi connectivity index (χ2n) is 7.72. The van der Waals surface area contributed by atoms with Crippen LogP contribution in [0.4, 0.5) is 10.5 Å². The first-order valence-electron chi connectivity index (χ1n) is 10.3. The van der Waals surface area contributed by atoms with Gasteiger partial charge in [-0.25, -0.2) is 9.48 Å². The molecule has 0 atom stereocenters. The average molecular weight is 406 g/mol. The number of rotatable bonds is 6. The minimum Gasteiger partial charge on any atom is -0.349 e. The number of urea groups is 1. The summed E-state index contributed by atoms with van der Waals surface area (Å²) in [4.78, 5) is 24.5. The van der Waals surface area contributed by atoms with Crippen LogP contribution in [0.1, 0.15) is 41.6 Å². The summed E-state index contributed by atoms with van der Waals surface area (Å²) >= 11 is 0. The zero-order chi connectivity index (χ0) is 20.9. The summed E-state index contributed by atoms with van der Waals surface area (Å²) in [5, 5.41) is 17.0. The Morgan fingerprint density at radius 2 is 1.97 bits per heavy atom. The van der Waals surface area contributed by atoms with E-state index in [4.69, 9.17) is 0 Å². The number of hydrogen-bond acceptors (Lipinski definition) is 4. The molecule has 156 valence electrons. The van der Waals surface area contributed by atoms with Gasteiger partial charge in [0.15, 0.2) is 0 Å². The molecule has 1 aromatic heterocycles. The topological polar surface area (TPSA) is 101 Å². The number of nitrogens with one attached hydrogen (secondary N) is 3. The summed E-state index contributed by atoms with van der Waals surface area (Å²) in [5.74, 6) is -0.0622. The van der Waals surface area contributed by atoms with Crippen LogP contribution in [0.3, 0.4) is 0 Å². The number of fused-ring (bicyclic) bond motifs is 1. The summed E-state index contributed by atoms with van der Waals surface area (Å²) in [6.07, 6.45) is 4.45. The maximum atomic E-state index is 12.4. The van der Waals surface area contributed by atoms with E-state index in [1.807, 2.05) is 37.3 Å². The molecule has 0 unspecified atom stereocenters. The largest absolute Gasteiger partial charge is 0.349 e. The third kappa shape index (κ3) is 4.76. The Labute approximate surface area is 175 Å². The molecule has 30 heavy (non-hydrogen) atoms. The lowest BCUT2D eigenvalue weighted by atomic mass is 10.1. The van der Waals surface area contributed by atoms with E-state index in [0.717, 1.165) is 29.6 Å². The number of carbonyl (C=O) groups excluding carboxylic acids is 2. The molecule has 1 saturated carbocycles. The summed E-state index contributed by atoms with van der Waals surface area (Å²) in [6.45, 7) is 2.86. The Morgan fingerprint density at radius 3 is 2.77 bits per heavy atom. The van der Waals surface area contributed by atoms with Crippen LogP contribution in [-0.2, 0) is 6.54 Å². The molecular weight excluding hydrogens is 380 g/mol. The predicted octanol–water partition coefficient (Wildman–Crippen LogP) is 3.23. The first kappa shape index (κ1) is 19.9. The minimum absolute atomic E-state index is 0.0622. The fraction of sp³-hybridized carbons (Fsp3) is 0.364. The summed E-state index contributed by atoms with van der Waals surface area (Å²) in [5.41, 5.74) is 3.92. The van der Waals surface area contributed by atoms with E-state index in [-0.39, 0.29) is 18.0 Å². The van der Waals surface area contributed by atoms with Crippen LogP contribution >= 0.6 is 0 Å². The van der Waals surface area contributed by atoms with Crippen molar-refractivity contribution in [2.75, 3.05) is 11.9 Å². The van der Waals surface area contributed by atoms with Crippen LogP contribution in [-0.4, -0.2) is 39.5 Å². The van der Waals surface area contributed by atoms with Gasteiger partial charge in [-0.2, -0.15) is 0 Å². The van der Waals surface area contributed by atoms with Gasteiger partial charge in [-0.1, -0.05) is 30.2 Å². The first-order chi connectivity index (χ1) is 14.6. The van der Waals surface area contributed by atoms with Crippen LogP contribution in [0.2, 0.25) is 0 Å². The molecule has 8 nitrogen and oxygen atoms in total. The highest BCUT2D eigenvalue weighted by Gasteiger charge is 2.18. The third-order valence-corrected chi connectivity index (χ3v) is 5.35. The number of hydrogen-bond donors (Lipinski definition) is 3. The highest BCUT2D eigenvalue weighted by molar-refractivity contribution is 5.97. The molecule has 0 bridgehead atoms. The lowest BCUT2D eigenvalue weighted by Crippen LogP contribution is -2.32. The van der Waals surface area contributed by atoms with E-state index in [2.05, 4.69) is 26.3 Å². The predicted molar refractivity (Wildman–Crippen MR) is 115 cm³/mol. The standard InChI is InChI=1S/C22H26N6O2/c1-15-5-4-8-18(13-15)25-22(30)23-11-12-28-20-10-9-16(14-19(20)26-27-28)21(29)24-17-6-2-3-7-17/h4-5,8-10,13-14,17H,2-3,6-7,11-12H2,1H3,(H,24,29)(H2,23,25,30). The van der Waals surface area contributed by atoms with Gasteiger partial charge in [0.25, 0.3) is 5.91 Å². The second kappa shape index (κ2) is 8.94. The number of aryl methyl sites for hydroxylation is 1. The Bertz CT molecular complexity index is 1050. The van der Waals surface area contributed by atoms with Crippen LogP contribution < -0.4 is 16.0 Å². The minimum atomic E-state index is -0.268. The molecule has 0 radical (unpaired) electrons. The van der Waals surface area contributed by atoms with Crippen molar-refractivity contribution in [3.8, 4) is 0 Å². The van der Waals surface area contributed by atoms with E-state index < -0.39 is 0 Å². The van der Waals surface area contributed by atoms with E-state index >= 15 is 0 Å². The van der Waals surface area contributed by atoms with Crippen molar-refractivity contribution >= 4 is 28.7 Å². The van der Waals surface area contributed by atoms with Gasteiger partial charge < -0.3 is 16.0 Å². The molecule has 1 aliphatic rings. The van der Waals surface area contributed by atoms with Gasteiger partial charge in [-0.3, -0.25) is 4.79 Å². The fourth-order valence-electron chi connectivity index (χ4n) is 3.79. The summed E-state index contributed by atoms with van der Waals surface area (Å²) in [6, 6.07) is 13.1. The van der Waals surface area contributed by atoms with Crippen molar-refractivity contribution in [2.24, 2.45) is 0 Å². The third-order valence-electron chi connectivity index (χ3n) is 5.35. The van der Waals surface area contributed by atoms with Gasteiger partial charge >= 0.3 is 6.03 Å². The normalized spacial score (nSPS) is 14.0. The number of aromatic nitrogens is 3. The monoisotopic (exact) mass is 406 g/mol. The number of carbonyl (C=O) groups is 2. The van der Waals surface area contributed by atoms with Gasteiger partial charge in [-0.15, -0.1) is 5.10 Å². The van der Waals surface area contributed by atoms with E-state index in [1.54, 1.807) is 16.8 Å². The molecule has 4 rings (SSSR count). The number of benzene rings is 2. The Kier molecular flexibility index (Phi) is 5.92. The highest BCUT2D eigenvalue weighted by Crippen LogP contribution is 2.19. The van der Waals surface area contributed by atoms with E-state index in [1.165, 1.54) is 12.8 Å². The van der Waals surface area contributed by atoms with Crippen molar-refractivity contribution in [1.82, 2.24) is 25.6 Å². The average Bonchev–Trinajstić information content (AvgIpc) is 3.37. The van der Waals surface area contributed by atoms with Crippen molar-refractivity contribution in [1.29, 1.82) is 0 Å². The number of amides is 3. The zero-order valence-electron chi connectivity index (χ0n) is 17.0. The molecule has 8 heteroatoms. The van der Waals surface area contributed by atoms with Gasteiger partial charge in [0, 0.05) is 23.8 Å². The lowest BCUT2D eigenvalue weighted by molar-refractivity contribution is 0.0938. The maximum Gasteiger partial charge on any atom is 0.319 e. The SMILES string of the molecule is Cc1cccc(NC(=O)NCCn2nnc3cc(C(=O)NC4CCCC4)ccc32)c1. The first-order valence-corrected chi connectivity index (χ1v) is 10.3. The highest BCUT2D eigenvalue weighted by atomic mass is 16.2. The van der Waals surface area contributed by atoms with E-state index in [9.17, 15) is 9.59 Å². The molecule has 0 aliphatic heterocycles. The molecule has 0 saturated heterocycles. The molecule has 1 heterocycles. The summed E-state index contributed by atoms with van der Waals surface area (Å²) in [7, 11) is 0. The van der Waals surface area contributed by atoms with E-state index in [0.29, 0.717) is 24.2 Å². The van der Waals surface area contributed by atoms with Gasteiger partial charge in [0.2, 0.25) is 0 Å². The van der Waals surface area contributed by atoms with Crippen LogP contribution in [0.25, 0.3) is 11.0 Å². The number of anilines is 1. The van der Waals surface area contributed by atoms with Crippen LogP contribution in [0, 0.1) is 6.92 Å². The molecular formula is C22H26N6O2.